The topological polar surface area (TPSA) is 9.23 Å². The lowest BCUT2D eigenvalue weighted by Gasteiger charge is -2.06. The third kappa shape index (κ3) is 2.25. The fourth-order valence-corrected chi connectivity index (χ4v) is 1.25. The van der Waals surface area contributed by atoms with Gasteiger partial charge >= 0.3 is 0 Å². The van der Waals surface area contributed by atoms with Gasteiger partial charge < -0.3 is 4.74 Å². The summed E-state index contributed by atoms with van der Waals surface area (Å²) in [5, 5.41) is 0. The van der Waals surface area contributed by atoms with E-state index in [0.29, 0.717) is 6.61 Å². The number of allylic oxidation sites excluding steroid dienone is 2. The zero-order valence-corrected chi connectivity index (χ0v) is 7.61. The van der Waals surface area contributed by atoms with E-state index in [1.807, 2.05) is 31.5 Å². The van der Waals surface area contributed by atoms with E-state index in [1.54, 1.807) is 6.07 Å². The first-order chi connectivity index (χ1) is 6.84. The predicted molar refractivity (Wildman–Crippen MR) is 54.2 cm³/mol. The summed E-state index contributed by atoms with van der Waals surface area (Å²) in [5.41, 5.74) is 1.65. The Hall–Kier alpha value is -1.51. The minimum atomic E-state index is -0.228. The molecule has 0 aliphatic carbocycles. The standard InChI is InChI=1S/C11H9BFO/c13-10-4-1-3-9(7-10)8-14-11-5-2-6-12-11/h1-7H,8H2. The van der Waals surface area contributed by atoms with Gasteiger partial charge in [0, 0.05) is 0 Å². The molecule has 1 aliphatic heterocycles. The maximum Gasteiger partial charge on any atom is 0.230 e. The van der Waals surface area contributed by atoms with Crippen LogP contribution in [0.5, 0.6) is 0 Å². The molecule has 0 aromatic heterocycles. The average Bonchev–Trinajstić information content (AvgIpc) is 2.67. The van der Waals surface area contributed by atoms with Crippen molar-refractivity contribution in [1.29, 1.82) is 0 Å². The molecule has 3 heteroatoms. The molecule has 2 rings (SSSR count). The van der Waals surface area contributed by atoms with Crippen molar-refractivity contribution in [2.45, 2.75) is 6.61 Å². The lowest BCUT2D eigenvalue weighted by atomic mass is 9.80. The summed E-state index contributed by atoms with van der Waals surface area (Å²) in [7, 11) is 1.87. The average molecular weight is 187 g/mol. The Balaban J connectivity index is 1.92. The molecule has 69 valence electrons. The van der Waals surface area contributed by atoms with Crippen LogP contribution in [-0.4, -0.2) is 7.28 Å². The fourth-order valence-electron chi connectivity index (χ4n) is 1.25. The van der Waals surface area contributed by atoms with E-state index in [9.17, 15) is 4.39 Å². The Labute approximate surface area is 83.1 Å². The van der Waals surface area contributed by atoms with Gasteiger partial charge in [-0.2, -0.15) is 0 Å². The maximum absolute atomic E-state index is 12.8. The van der Waals surface area contributed by atoms with Crippen molar-refractivity contribution in [3.05, 3.63) is 59.4 Å². The van der Waals surface area contributed by atoms with Gasteiger partial charge in [0.25, 0.3) is 0 Å². The Morgan fingerprint density at radius 1 is 1.36 bits per heavy atom. The summed E-state index contributed by atoms with van der Waals surface area (Å²) >= 11 is 0. The molecule has 0 amide bonds. The van der Waals surface area contributed by atoms with Crippen LogP contribution in [0.2, 0.25) is 0 Å². The van der Waals surface area contributed by atoms with Crippen molar-refractivity contribution in [1.82, 2.24) is 0 Å². The third-order valence-electron chi connectivity index (χ3n) is 1.93. The normalized spacial score (nSPS) is 13.6. The highest BCUT2D eigenvalue weighted by Gasteiger charge is 2.02. The smallest absolute Gasteiger partial charge is 0.230 e. The molecular weight excluding hydrogens is 178 g/mol. The van der Waals surface area contributed by atoms with Crippen LogP contribution in [0.15, 0.2) is 48.1 Å². The highest BCUT2D eigenvalue weighted by Crippen LogP contribution is 2.09. The Bertz CT molecular complexity index is 385. The Kier molecular flexibility index (Phi) is 2.68. The van der Waals surface area contributed by atoms with E-state index in [2.05, 4.69) is 0 Å². The van der Waals surface area contributed by atoms with Crippen molar-refractivity contribution >= 4 is 7.28 Å². The molecule has 0 saturated heterocycles. The van der Waals surface area contributed by atoms with Gasteiger partial charge in [0.2, 0.25) is 7.28 Å². The van der Waals surface area contributed by atoms with Crippen LogP contribution >= 0.6 is 0 Å². The van der Waals surface area contributed by atoms with Gasteiger partial charge in [-0.25, -0.2) is 4.39 Å². The second kappa shape index (κ2) is 4.14. The number of halogens is 1. The van der Waals surface area contributed by atoms with Crippen molar-refractivity contribution in [2.24, 2.45) is 0 Å². The van der Waals surface area contributed by atoms with Gasteiger partial charge in [-0.15, -0.1) is 5.98 Å². The molecule has 1 aromatic rings. The van der Waals surface area contributed by atoms with Crippen LogP contribution in [0.1, 0.15) is 5.56 Å². The van der Waals surface area contributed by atoms with Crippen LogP contribution in [0, 0.1) is 5.82 Å². The summed E-state index contributed by atoms with van der Waals surface area (Å²) in [6.07, 6.45) is 3.78. The monoisotopic (exact) mass is 187 g/mol. The number of rotatable bonds is 3. The number of benzene rings is 1. The van der Waals surface area contributed by atoms with Crippen LogP contribution in [-0.2, 0) is 11.3 Å². The lowest BCUT2D eigenvalue weighted by molar-refractivity contribution is 0.222. The van der Waals surface area contributed by atoms with Crippen molar-refractivity contribution < 1.29 is 9.13 Å². The maximum atomic E-state index is 12.8. The molecule has 1 aliphatic rings. The second-order valence-electron chi connectivity index (χ2n) is 3.04. The number of hydrogen-bond acceptors (Lipinski definition) is 1. The molecule has 1 nitrogen and oxygen atoms in total. The zero-order valence-electron chi connectivity index (χ0n) is 7.61. The van der Waals surface area contributed by atoms with Crippen LogP contribution in [0.4, 0.5) is 4.39 Å². The van der Waals surface area contributed by atoms with Crippen LogP contribution < -0.4 is 0 Å². The second-order valence-corrected chi connectivity index (χ2v) is 3.04. The minimum Gasteiger partial charge on any atom is -0.504 e. The number of hydrogen-bond donors (Lipinski definition) is 0. The zero-order chi connectivity index (χ0) is 9.80. The van der Waals surface area contributed by atoms with E-state index in [-0.39, 0.29) is 5.82 Å². The molecule has 0 bridgehead atoms. The van der Waals surface area contributed by atoms with Gasteiger partial charge in [0.05, 0.1) is 5.66 Å². The first-order valence-corrected chi connectivity index (χ1v) is 4.43. The predicted octanol–water partition coefficient (Wildman–Crippen LogP) is 2.42. The molecule has 0 N–H and O–H groups in total. The van der Waals surface area contributed by atoms with E-state index < -0.39 is 0 Å². The molecule has 14 heavy (non-hydrogen) atoms. The van der Waals surface area contributed by atoms with Gasteiger partial charge in [-0.1, -0.05) is 18.2 Å². The van der Waals surface area contributed by atoms with Crippen LogP contribution in [0.3, 0.4) is 0 Å². The third-order valence-corrected chi connectivity index (χ3v) is 1.93. The first kappa shape index (κ1) is 9.07. The highest BCUT2D eigenvalue weighted by molar-refractivity contribution is 6.51. The van der Waals surface area contributed by atoms with Gasteiger partial charge in [-0.3, -0.25) is 0 Å². The SMILES string of the molecule is Fc1cccc(COC2=CC=C[B]2)c1. The molecule has 0 saturated carbocycles. The minimum absolute atomic E-state index is 0.228. The van der Waals surface area contributed by atoms with Gasteiger partial charge in [0.1, 0.15) is 12.4 Å². The van der Waals surface area contributed by atoms with Crippen LogP contribution in [0.25, 0.3) is 0 Å². The summed E-state index contributed by atoms with van der Waals surface area (Å²) in [4.78, 5) is 0. The van der Waals surface area contributed by atoms with E-state index in [0.717, 1.165) is 11.2 Å². The largest absolute Gasteiger partial charge is 0.504 e. The number of ether oxygens (including phenoxy) is 1. The van der Waals surface area contributed by atoms with Crippen molar-refractivity contribution in [3.8, 4) is 0 Å². The lowest BCUT2D eigenvalue weighted by Crippen LogP contribution is -1.97. The van der Waals surface area contributed by atoms with Crippen molar-refractivity contribution in [3.63, 3.8) is 0 Å². The molecule has 0 atom stereocenters. The molecule has 0 fully saturated rings. The highest BCUT2D eigenvalue weighted by atomic mass is 19.1. The van der Waals surface area contributed by atoms with Gasteiger partial charge in [0.15, 0.2) is 0 Å². The summed E-state index contributed by atoms with van der Waals surface area (Å²) in [6, 6.07) is 6.42. The molecule has 1 heterocycles. The molecular formula is C11H9BFO. The van der Waals surface area contributed by atoms with E-state index in [4.69, 9.17) is 4.74 Å². The summed E-state index contributed by atoms with van der Waals surface area (Å²) in [6.45, 7) is 0.405. The van der Waals surface area contributed by atoms with E-state index in [1.165, 1.54) is 12.1 Å². The Morgan fingerprint density at radius 3 is 3.00 bits per heavy atom. The summed E-state index contributed by atoms with van der Waals surface area (Å²) in [5.74, 6) is 1.68. The molecule has 1 radical (unpaired) electrons. The first-order valence-electron chi connectivity index (χ1n) is 4.43. The fraction of sp³-hybridized carbons (Fsp3) is 0.0909. The molecule has 0 spiro atoms. The van der Waals surface area contributed by atoms with E-state index >= 15 is 0 Å². The molecule has 1 aromatic carbocycles. The summed E-state index contributed by atoms with van der Waals surface area (Å²) < 4.78 is 18.2. The molecule has 0 unspecified atom stereocenters. The van der Waals surface area contributed by atoms with Crippen molar-refractivity contribution in [2.75, 3.05) is 0 Å². The quantitative estimate of drug-likeness (QED) is 0.660. The van der Waals surface area contributed by atoms with Gasteiger partial charge in [-0.05, 0) is 23.8 Å². The Morgan fingerprint density at radius 2 is 2.29 bits per heavy atom.